The number of halogens is 4. The van der Waals surface area contributed by atoms with E-state index < -0.39 is 48.1 Å². The molecular formula is C22H32F4O4. The molecule has 0 aromatic heterocycles. The van der Waals surface area contributed by atoms with Gasteiger partial charge in [-0.1, -0.05) is 31.9 Å². The van der Waals surface area contributed by atoms with Crippen LogP contribution in [-0.2, 0) is 19.0 Å². The first-order valence-corrected chi connectivity index (χ1v) is 11.0. The molecule has 4 nitrogen and oxygen atoms in total. The van der Waals surface area contributed by atoms with Gasteiger partial charge in [0, 0.05) is 12.5 Å². The van der Waals surface area contributed by atoms with E-state index in [0.29, 0.717) is 38.7 Å². The van der Waals surface area contributed by atoms with E-state index in [1.165, 1.54) is 13.0 Å². The van der Waals surface area contributed by atoms with Crippen LogP contribution in [0.25, 0.3) is 0 Å². The Labute approximate surface area is 175 Å². The molecule has 2 saturated heterocycles. The first kappa shape index (κ1) is 23.5. The lowest BCUT2D eigenvalue weighted by molar-refractivity contribution is -0.279. The molecule has 0 radical (unpaired) electrons. The largest absolute Gasteiger partial charge is 0.460 e. The Morgan fingerprint density at radius 3 is 2.63 bits per heavy atom. The monoisotopic (exact) mass is 436 g/mol. The maximum Gasteiger partial charge on any atom is 0.397 e. The van der Waals surface area contributed by atoms with Crippen molar-refractivity contribution in [1.82, 2.24) is 0 Å². The van der Waals surface area contributed by atoms with Gasteiger partial charge >= 0.3 is 12.1 Å². The number of hydrogen-bond donors (Lipinski definition) is 0. The van der Waals surface area contributed by atoms with E-state index in [1.807, 2.05) is 6.92 Å². The smallest absolute Gasteiger partial charge is 0.397 e. The van der Waals surface area contributed by atoms with Gasteiger partial charge in [-0.25, -0.2) is 9.18 Å². The molecule has 1 saturated carbocycles. The zero-order valence-corrected chi connectivity index (χ0v) is 17.6. The molecule has 2 heterocycles. The van der Waals surface area contributed by atoms with Crippen LogP contribution in [0.5, 0.6) is 0 Å². The molecular weight excluding hydrogens is 404 g/mol. The molecule has 7 atom stereocenters. The van der Waals surface area contributed by atoms with Crippen molar-refractivity contribution in [2.45, 2.75) is 96.1 Å². The highest BCUT2D eigenvalue weighted by molar-refractivity contribution is 5.77. The fraction of sp³-hybridized carbons (Fsp3) is 0.864. The predicted molar refractivity (Wildman–Crippen MR) is 102 cm³/mol. The molecule has 8 heteroatoms. The van der Waals surface area contributed by atoms with Gasteiger partial charge in [-0.15, -0.1) is 0 Å². The van der Waals surface area contributed by atoms with Crippen molar-refractivity contribution in [3.05, 3.63) is 12.2 Å². The van der Waals surface area contributed by atoms with E-state index >= 15 is 0 Å². The summed E-state index contributed by atoms with van der Waals surface area (Å²) in [6, 6.07) is 0. The maximum atomic E-state index is 14.3. The number of alkyl halides is 4. The Morgan fingerprint density at radius 1 is 1.23 bits per heavy atom. The van der Waals surface area contributed by atoms with Crippen molar-refractivity contribution in [1.29, 1.82) is 0 Å². The second kappa shape index (κ2) is 9.55. The zero-order chi connectivity index (χ0) is 21.9. The molecule has 0 N–H and O–H groups in total. The summed E-state index contributed by atoms with van der Waals surface area (Å²) in [5.41, 5.74) is -2.09. The number of ether oxygens (including phenoxy) is 3. The predicted octanol–water partition coefficient (Wildman–Crippen LogP) is 5.50. The van der Waals surface area contributed by atoms with Gasteiger partial charge in [0.25, 0.3) is 0 Å². The summed E-state index contributed by atoms with van der Waals surface area (Å²) in [6.07, 6.45) is -1.23. The number of rotatable bonds is 8. The lowest BCUT2D eigenvalue weighted by atomic mass is 9.77. The number of esters is 1. The number of allylic oxidation sites excluding steroid dienone is 1. The maximum absolute atomic E-state index is 14.3. The lowest BCUT2D eigenvalue weighted by Gasteiger charge is -2.40. The quantitative estimate of drug-likeness (QED) is 0.286. The average Bonchev–Trinajstić information content (AvgIpc) is 3.22. The third-order valence-electron chi connectivity index (χ3n) is 6.83. The van der Waals surface area contributed by atoms with Crippen LogP contribution in [-0.4, -0.2) is 43.4 Å². The summed E-state index contributed by atoms with van der Waals surface area (Å²) < 4.78 is 73.3. The summed E-state index contributed by atoms with van der Waals surface area (Å²) in [6.45, 7) is 3.51. The molecule has 0 amide bonds. The fourth-order valence-electron chi connectivity index (χ4n) is 4.78. The first-order valence-electron chi connectivity index (χ1n) is 11.0. The number of hydrogen-bond acceptors (Lipinski definition) is 4. The number of carbonyl (C=O) groups excluding carboxylic acids is 1. The van der Waals surface area contributed by atoms with Crippen LogP contribution in [0.2, 0.25) is 0 Å². The van der Waals surface area contributed by atoms with Crippen LogP contribution in [0.3, 0.4) is 0 Å². The summed E-state index contributed by atoms with van der Waals surface area (Å²) in [5, 5.41) is 0. The highest BCUT2D eigenvalue weighted by atomic mass is 19.4. The van der Waals surface area contributed by atoms with Crippen LogP contribution in [0.4, 0.5) is 17.6 Å². The summed E-state index contributed by atoms with van der Waals surface area (Å²) in [5.74, 6) is -1.85. The molecule has 172 valence electrons. The van der Waals surface area contributed by atoms with Gasteiger partial charge in [-0.3, -0.25) is 0 Å². The topological polar surface area (TPSA) is 44.8 Å². The molecule has 30 heavy (non-hydrogen) atoms. The van der Waals surface area contributed by atoms with E-state index in [-0.39, 0.29) is 12.3 Å². The van der Waals surface area contributed by atoms with Gasteiger partial charge in [-0.05, 0) is 51.4 Å². The second-order valence-electron chi connectivity index (χ2n) is 8.95. The fourth-order valence-corrected chi connectivity index (χ4v) is 4.78. The van der Waals surface area contributed by atoms with Crippen LogP contribution < -0.4 is 0 Å². The third-order valence-corrected chi connectivity index (χ3v) is 6.83. The molecule has 2 aliphatic heterocycles. The molecule has 0 bridgehead atoms. The van der Waals surface area contributed by atoms with E-state index in [0.717, 1.165) is 12.8 Å². The first-order chi connectivity index (χ1) is 14.2. The second-order valence-corrected chi connectivity index (χ2v) is 8.95. The van der Waals surface area contributed by atoms with Crippen molar-refractivity contribution >= 4 is 5.97 Å². The van der Waals surface area contributed by atoms with Gasteiger partial charge < -0.3 is 14.2 Å². The minimum atomic E-state index is -4.47. The molecule has 3 rings (SSSR count). The third kappa shape index (κ3) is 4.85. The van der Waals surface area contributed by atoms with Gasteiger partial charge in [0.05, 0.1) is 11.5 Å². The Balaban J connectivity index is 1.83. The van der Waals surface area contributed by atoms with Crippen molar-refractivity contribution in [2.24, 2.45) is 17.3 Å². The lowest BCUT2D eigenvalue weighted by Crippen LogP contribution is -2.47. The highest BCUT2D eigenvalue weighted by Gasteiger charge is 2.56. The number of unbranched alkanes of at least 4 members (excludes halogenated alkanes) is 1. The van der Waals surface area contributed by atoms with Crippen LogP contribution in [0.1, 0.15) is 65.2 Å². The molecule has 0 aromatic carbocycles. The normalized spacial score (nSPS) is 35.3. The van der Waals surface area contributed by atoms with Gasteiger partial charge in [0.15, 0.2) is 6.29 Å². The molecule has 3 unspecified atom stereocenters. The average molecular weight is 436 g/mol. The molecule has 1 aliphatic carbocycles. The van der Waals surface area contributed by atoms with E-state index in [4.69, 9.17) is 14.2 Å². The molecule has 3 aliphatic rings. The Bertz CT molecular complexity index is 617. The van der Waals surface area contributed by atoms with E-state index in [2.05, 4.69) is 0 Å². The van der Waals surface area contributed by atoms with Crippen molar-refractivity contribution < 1.29 is 36.6 Å². The van der Waals surface area contributed by atoms with Crippen LogP contribution in [0, 0.1) is 17.3 Å². The van der Waals surface area contributed by atoms with Gasteiger partial charge in [0.2, 0.25) is 6.17 Å². The van der Waals surface area contributed by atoms with Crippen LogP contribution in [0.15, 0.2) is 12.2 Å². The van der Waals surface area contributed by atoms with Gasteiger partial charge in [0.1, 0.15) is 6.10 Å². The molecule has 3 fully saturated rings. The van der Waals surface area contributed by atoms with Crippen molar-refractivity contribution in [3.8, 4) is 0 Å². The standard InChI is InChI=1S/C22H32F4O4/c1-3-4-12-21(2,22(24,25)26)16(30-17-7-5-6-13-28-17)11-9-14-8-10-15-18(14)19(23)20(27)29-15/h9,11,14-19H,3-8,10,12-13H2,1-2H3/b11-9+/t14-,15+,16?,17?,18-,19+,21?/m0/s1. The van der Waals surface area contributed by atoms with E-state index in [9.17, 15) is 22.4 Å². The minimum Gasteiger partial charge on any atom is -0.460 e. The Kier molecular flexibility index (Phi) is 7.49. The SMILES string of the molecule is CCCCC(C)(C(/C=C/[C@@H]1CC[C@H]2OC(=O)[C@H](F)[C@@H]12)OC1CCCCO1)C(F)(F)F. The summed E-state index contributed by atoms with van der Waals surface area (Å²) in [7, 11) is 0. The summed E-state index contributed by atoms with van der Waals surface area (Å²) in [4.78, 5) is 11.5. The molecule has 0 spiro atoms. The summed E-state index contributed by atoms with van der Waals surface area (Å²) >= 11 is 0. The van der Waals surface area contributed by atoms with Crippen molar-refractivity contribution in [3.63, 3.8) is 0 Å². The van der Waals surface area contributed by atoms with Crippen LogP contribution >= 0.6 is 0 Å². The zero-order valence-electron chi connectivity index (χ0n) is 17.6. The Morgan fingerprint density at radius 2 is 2.00 bits per heavy atom. The van der Waals surface area contributed by atoms with Gasteiger partial charge in [-0.2, -0.15) is 13.2 Å². The Hall–Kier alpha value is -1.15. The number of carbonyl (C=O) groups is 1. The van der Waals surface area contributed by atoms with Crippen molar-refractivity contribution in [2.75, 3.05) is 6.61 Å². The molecule has 0 aromatic rings. The van der Waals surface area contributed by atoms with E-state index in [1.54, 1.807) is 6.08 Å². The minimum absolute atomic E-state index is 0.0707. The number of fused-ring (bicyclic) bond motifs is 1. The highest BCUT2D eigenvalue weighted by Crippen LogP contribution is 2.48.